The molecule has 3 heterocycles. The van der Waals surface area contributed by atoms with E-state index in [1.807, 2.05) is 0 Å². The fraction of sp³-hybridized carbons (Fsp3) is 0.174. The van der Waals surface area contributed by atoms with Crippen molar-refractivity contribution in [1.82, 2.24) is 25.1 Å². The van der Waals surface area contributed by atoms with Crippen molar-refractivity contribution in [2.24, 2.45) is 0 Å². The number of pyridine rings is 2. The number of aromatic nitrogens is 4. The normalized spacial score (nSPS) is 11.6. The van der Waals surface area contributed by atoms with E-state index in [0.717, 1.165) is 0 Å². The molecule has 3 aromatic heterocycles. The molecule has 0 aliphatic heterocycles. The summed E-state index contributed by atoms with van der Waals surface area (Å²) in [5.41, 5.74) is -1.37. The molecule has 0 atom stereocenters. The predicted octanol–water partition coefficient (Wildman–Crippen LogP) is 4.88. The van der Waals surface area contributed by atoms with E-state index in [-0.39, 0.29) is 33.6 Å². The molecule has 0 radical (unpaired) electrons. The quantitative estimate of drug-likeness (QED) is 0.405. The molecule has 0 unspecified atom stereocenters. The summed E-state index contributed by atoms with van der Waals surface area (Å²) >= 11 is 6.11. The van der Waals surface area contributed by atoms with Crippen LogP contribution in [0.2, 0.25) is 5.02 Å². The number of amides is 2. The maximum atomic E-state index is 13.5. The van der Waals surface area contributed by atoms with Crippen molar-refractivity contribution in [2.75, 3.05) is 5.32 Å². The van der Waals surface area contributed by atoms with Gasteiger partial charge in [0.15, 0.2) is 11.5 Å². The zero-order valence-electron chi connectivity index (χ0n) is 18.4. The molecule has 1 aromatic carbocycles. The van der Waals surface area contributed by atoms with E-state index in [1.165, 1.54) is 30.6 Å². The van der Waals surface area contributed by atoms with Crippen molar-refractivity contribution in [3.63, 3.8) is 0 Å². The Hall–Kier alpha value is -3.99. The summed E-state index contributed by atoms with van der Waals surface area (Å²) in [6.45, 7) is 3.53. The van der Waals surface area contributed by atoms with Gasteiger partial charge in [-0.2, -0.15) is 18.3 Å². The Morgan fingerprint density at radius 1 is 1.03 bits per heavy atom. The lowest BCUT2D eigenvalue weighted by atomic mass is 10.1. The number of halogens is 4. The second-order valence-corrected chi connectivity index (χ2v) is 8.19. The monoisotopic (exact) mass is 502 g/mol. The number of fused-ring (bicyclic) bond motifs is 1. The predicted molar refractivity (Wildman–Crippen MR) is 124 cm³/mol. The van der Waals surface area contributed by atoms with Crippen LogP contribution < -0.4 is 10.6 Å². The van der Waals surface area contributed by atoms with Crippen molar-refractivity contribution in [3.8, 4) is 5.82 Å². The van der Waals surface area contributed by atoms with Crippen molar-refractivity contribution in [3.05, 3.63) is 76.8 Å². The average Bonchev–Trinajstić information content (AvgIpc) is 3.25. The van der Waals surface area contributed by atoms with Gasteiger partial charge in [-0.1, -0.05) is 23.7 Å². The first-order chi connectivity index (χ1) is 16.6. The van der Waals surface area contributed by atoms with Crippen molar-refractivity contribution < 1.29 is 22.8 Å². The first-order valence-corrected chi connectivity index (χ1v) is 10.7. The highest BCUT2D eigenvalue weighted by atomic mass is 35.5. The van der Waals surface area contributed by atoms with Crippen LogP contribution in [0.3, 0.4) is 0 Å². The lowest BCUT2D eigenvalue weighted by Gasteiger charge is -2.15. The first kappa shape index (κ1) is 24.1. The number of nitrogens with zero attached hydrogens (tertiary/aromatic N) is 4. The van der Waals surface area contributed by atoms with Gasteiger partial charge < -0.3 is 10.6 Å². The van der Waals surface area contributed by atoms with Gasteiger partial charge in [0.25, 0.3) is 11.8 Å². The molecule has 0 fully saturated rings. The Labute approximate surface area is 202 Å². The van der Waals surface area contributed by atoms with Gasteiger partial charge in [-0.25, -0.2) is 9.67 Å². The fourth-order valence-corrected chi connectivity index (χ4v) is 3.56. The van der Waals surface area contributed by atoms with Gasteiger partial charge in [-0.05, 0) is 38.1 Å². The van der Waals surface area contributed by atoms with E-state index in [9.17, 15) is 22.8 Å². The van der Waals surface area contributed by atoms with Crippen LogP contribution in [-0.2, 0) is 6.18 Å². The molecule has 0 spiro atoms. The molecule has 12 heteroatoms. The number of rotatable bonds is 5. The molecule has 0 aliphatic rings. The summed E-state index contributed by atoms with van der Waals surface area (Å²) < 4.78 is 41.1. The van der Waals surface area contributed by atoms with E-state index in [4.69, 9.17) is 11.6 Å². The number of hydrogen-bond donors (Lipinski definition) is 2. The van der Waals surface area contributed by atoms with Crippen molar-refractivity contribution in [2.45, 2.75) is 26.1 Å². The average molecular weight is 503 g/mol. The Morgan fingerprint density at radius 2 is 1.74 bits per heavy atom. The molecule has 4 aromatic rings. The molecular formula is C23H18ClF3N6O2. The number of carbonyl (C=O) groups is 2. The zero-order chi connectivity index (χ0) is 25.3. The number of alkyl halides is 3. The molecule has 2 N–H and O–H groups in total. The summed E-state index contributed by atoms with van der Waals surface area (Å²) in [6, 6.07) is 9.85. The van der Waals surface area contributed by atoms with Crippen LogP contribution in [0.1, 0.15) is 40.4 Å². The summed E-state index contributed by atoms with van der Waals surface area (Å²) in [6.07, 6.45) is -2.05. The standard InChI is InChI=1S/C23H18ClF3N6O2/c1-12(2)30-21(34)14-8-7-13-5-3-9-28-18(13)19(14)31-22(35)16-11-17(23(25,26)27)32-33(16)20-15(24)6-4-10-29-20/h3-12H,1-2H3,(H,30,34)(H,31,35). The van der Waals surface area contributed by atoms with E-state index in [0.29, 0.717) is 16.1 Å². The number of anilines is 1. The van der Waals surface area contributed by atoms with Gasteiger partial charge in [0.05, 0.1) is 21.8 Å². The number of benzene rings is 1. The van der Waals surface area contributed by atoms with Crippen molar-refractivity contribution in [1.29, 1.82) is 0 Å². The lowest BCUT2D eigenvalue weighted by Crippen LogP contribution is -2.31. The van der Waals surface area contributed by atoms with Crippen LogP contribution >= 0.6 is 11.6 Å². The van der Waals surface area contributed by atoms with E-state index < -0.39 is 29.4 Å². The molecule has 2 amide bonds. The minimum absolute atomic E-state index is 0.0118. The molecule has 180 valence electrons. The number of nitrogens with one attached hydrogen (secondary N) is 2. The summed E-state index contributed by atoms with van der Waals surface area (Å²) in [5.74, 6) is -1.62. The van der Waals surface area contributed by atoms with Crippen LogP contribution in [0.15, 0.2) is 54.9 Å². The highest BCUT2D eigenvalue weighted by Gasteiger charge is 2.37. The summed E-state index contributed by atoms with van der Waals surface area (Å²) in [4.78, 5) is 34.4. The SMILES string of the molecule is CC(C)NC(=O)c1ccc2cccnc2c1NC(=O)c1cc(C(F)(F)F)nn1-c1ncccc1Cl. The largest absolute Gasteiger partial charge is 0.435 e. The Balaban J connectivity index is 1.85. The lowest BCUT2D eigenvalue weighted by molar-refractivity contribution is -0.141. The van der Waals surface area contributed by atoms with Crippen molar-refractivity contribution >= 4 is 40.0 Å². The third-order valence-electron chi connectivity index (χ3n) is 4.85. The minimum atomic E-state index is -4.83. The highest BCUT2D eigenvalue weighted by molar-refractivity contribution is 6.32. The smallest absolute Gasteiger partial charge is 0.350 e. The maximum Gasteiger partial charge on any atom is 0.435 e. The molecule has 0 saturated heterocycles. The van der Waals surface area contributed by atoms with Gasteiger partial charge >= 0.3 is 6.18 Å². The van der Waals surface area contributed by atoms with Gasteiger partial charge in [-0.3, -0.25) is 14.6 Å². The molecule has 0 aliphatic carbocycles. The van der Waals surface area contributed by atoms with Crippen LogP contribution in [0.5, 0.6) is 0 Å². The third-order valence-corrected chi connectivity index (χ3v) is 5.14. The molecule has 0 bridgehead atoms. The Kier molecular flexibility index (Phi) is 6.44. The van der Waals surface area contributed by atoms with Crippen LogP contribution in [0.25, 0.3) is 16.7 Å². The van der Waals surface area contributed by atoms with Gasteiger partial charge in [0.1, 0.15) is 5.69 Å². The molecule has 4 rings (SSSR count). The molecule has 8 nitrogen and oxygen atoms in total. The van der Waals surface area contributed by atoms with Crippen LogP contribution in [0.4, 0.5) is 18.9 Å². The molecule has 35 heavy (non-hydrogen) atoms. The van der Waals surface area contributed by atoms with Gasteiger partial charge in [0, 0.05) is 29.9 Å². The first-order valence-electron chi connectivity index (χ1n) is 10.3. The topological polar surface area (TPSA) is 102 Å². The Bertz CT molecular complexity index is 1430. The fourth-order valence-electron chi connectivity index (χ4n) is 3.35. The maximum absolute atomic E-state index is 13.5. The van der Waals surface area contributed by atoms with E-state index in [1.54, 1.807) is 32.0 Å². The van der Waals surface area contributed by atoms with E-state index in [2.05, 4.69) is 25.7 Å². The second-order valence-electron chi connectivity index (χ2n) is 7.78. The second kappa shape index (κ2) is 9.34. The van der Waals surface area contributed by atoms with Crippen LogP contribution in [0, 0.1) is 0 Å². The zero-order valence-corrected chi connectivity index (χ0v) is 19.1. The highest BCUT2D eigenvalue weighted by Crippen LogP contribution is 2.32. The molecular weight excluding hydrogens is 485 g/mol. The van der Waals surface area contributed by atoms with Crippen LogP contribution in [-0.4, -0.2) is 37.6 Å². The van der Waals surface area contributed by atoms with Gasteiger partial charge in [0.2, 0.25) is 0 Å². The Morgan fingerprint density at radius 3 is 2.43 bits per heavy atom. The van der Waals surface area contributed by atoms with Gasteiger partial charge in [-0.15, -0.1) is 0 Å². The summed E-state index contributed by atoms with van der Waals surface area (Å²) in [7, 11) is 0. The third kappa shape index (κ3) is 4.94. The van der Waals surface area contributed by atoms with E-state index >= 15 is 0 Å². The number of hydrogen-bond acceptors (Lipinski definition) is 5. The minimum Gasteiger partial charge on any atom is -0.350 e. The number of carbonyl (C=O) groups excluding carboxylic acids is 2. The molecule has 0 saturated carbocycles. The summed E-state index contributed by atoms with van der Waals surface area (Å²) in [5, 5.41) is 9.41.